The summed E-state index contributed by atoms with van der Waals surface area (Å²) in [5.74, 6) is 0.836. The number of sulfone groups is 1. The highest BCUT2D eigenvalue weighted by molar-refractivity contribution is 7.91. The zero-order valence-electron chi connectivity index (χ0n) is 19.5. The molecule has 1 aromatic heterocycles. The monoisotopic (exact) mass is 469 g/mol. The van der Waals surface area contributed by atoms with Gasteiger partial charge in [-0.2, -0.15) is 0 Å². The Morgan fingerprint density at radius 2 is 1.94 bits per heavy atom. The molecule has 3 aromatic rings. The number of nitrogens with zero attached hydrogens (tertiary/aromatic N) is 1. The van der Waals surface area contributed by atoms with Gasteiger partial charge in [0.1, 0.15) is 11.3 Å². The standard InChI is InChI=1S/C26H31NO5S/c1-4-10-31-23-7-5-20(6-8-23)15-27(22-9-11-33(29,30)17-22)25(28)14-21-16-32-24-13-18(2)12-19(3)26(21)24/h5-8,12-13,16,22H,4,9-11,14-15,17H2,1-3H3. The van der Waals surface area contributed by atoms with Crippen molar-refractivity contribution in [2.45, 2.75) is 52.6 Å². The molecule has 0 N–H and O–H groups in total. The lowest BCUT2D eigenvalue weighted by molar-refractivity contribution is -0.133. The van der Waals surface area contributed by atoms with E-state index in [1.165, 1.54) is 0 Å². The third-order valence-electron chi connectivity index (χ3n) is 6.15. The Hall–Kier alpha value is -2.80. The first kappa shape index (κ1) is 23.4. The number of furan rings is 1. The van der Waals surface area contributed by atoms with Crippen LogP contribution in [0.25, 0.3) is 11.0 Å². The lowest BCUT2D eigenvalue weighted by atomic mass is 10.0. The highest BCUT2D eigenvalue weighted by atomic mass is 32.2. The third-order valence-corrected chi connectivity index (χ3v) is 7.90. The largest absolute Gasteiger partial charge is 0.494 e. The average Bonchev–Trinajstić information content (AvgIpc) is 3.33. The van der Waals surface area contributed by atoms with E-state index in [9.17, 15) is 13.2 Å². The van der Waals surface area contributed by atoms with E-state index in [0.29, 0.717) is 19.6 Å². The van der Waals surface area contributed by atoms with Crippen molar-refractivity contribution in [1.82, 2.24) is 4.90 Å². The van der Waals surface area contributed by atoms with Gasteiger partial charge in [0.15, 0.2) is 9.84 Å². The Labute approximate surface area is 195 Å². The number of rotatable bonds is 8. The Kier molecular flexibility index (Phi) is 6.79. The predicted octanol–water partition coefficient (Wildman–Crippen LogP) is 4.60. The second-order valence-electron chi connectivity index (χ2n) is 8.96. The van der Waals surface area contributed by atoms with Crippen LogP contribution in [-0.2, 0) is 27.6 Å². The Balaban J connectivity index is 1.58. The molecule has 1 fully saturated rings. The van der Waals surface area contributed by atoms with Gasteiger partial charge in [0.25, 0.3) is 0 Å². The van der Waals surface area contributed by atoms with E-state index in [1.54, 1.807) is 11.2 Å². The van der Waals surface area contributed by atoms with Crippen LogP contribution in [0.15, 0.2) is 47.1 Å². The van der Waals surface area contributed by atoms with E-state index in [-0.39, 0.29) is 29.9 Å². The van der Waals surface area contributed by atoms with Crippen LogP contribution in [0, 0.1) is 13.8 Å². The minimum absolute atomic E-state index is 0.0147. The summed E-state index contributed by atoms with van der Waals surface area (Å²) in [5.41, 5.74) is 4.73. The van der Waals surface area contributed by atoms with Crippen LogP contribution < -0.4 is 4.74 Å². The number of hydrogen-bond donors (Lipinski definition) is 0. The fourth-order valence-corrected chi connectivity index (χ4v) is 6.30. The van der Waals surface area contributed by atoms with Crippen LogP contribution in [0.4, 0.5) is 0 Å². The molecule has 0 aliphatic carbocycles. The maximum Gasteiger partial charge on any atom is 0.227 e. The quantitative estimate of drug-likeness (QED) is 0.482. The van der Waals surface area contributed by atoms with Gasteiger partial charge >= 0.3 is 0 Å². The highest BCUT2D eigenvalue weighted by Crippen LogP contribution is 2.28. The fraction of sp³-hybridized carbons (Fsp3) is 0.423. The molecule has 33 heavy (non-hydrogen) atoms. The molecule has 4 rings (SSSR count). The molecule has 0 bridgehead atoms. The van der Waals surface area contributed by atoms with Crippen molar-refractivity contribution in [3.8, 4) is 5.75 Å². The molecule has 176 valence electrons. The smallest absolute Gasteiger partial charge is 0.227 e. The van der Waals surface area contributed by atoms with Crippen molar-refractivity contribution in [3.63, 3.8) is 0 Å². The maximum absolute atomic E-state index is 13.5. The summed E-state index contributed by atoms with van der Waals surface area (Å²) < 4.78 is 35.7. The molecular weight excluding hydrogens is 438 g/mol. The first-order chi connectivity index (χ1) is 15.8. The molecule has 1 amide bonds. The highest BCUT2D eigenvalue weighted by Gasteiger charge is 2.35. The van der Waals surface area contributed by atoms with Crippen LogP contribution in [0.2, 0.25) is 0 Å². The van der Waals surface area contributed by atoms with Crippen LogP contribution in [-0.4, -0.2) is 43.4 Å². The summed E-state index contributed by atoms with van der Waals surface area (Å²) in [6.45, 7) is 7.10. The number of carbonyl (C=O) groups excluding carboxylic acids is 1. The van der Waals surface area contributed by atoms with Crippen molar-refractivity contribution in [2.75, 3.05) is 18.1 Å². The second-order valence-corrected chi connectivity index (χ2v) is 11.2. The number of carbonyl (C=O) groups is 1. The number of aryl methyl sites for hydroxylation is 2. The molecule has 0 saturated carbocycles. The summed E-state index contributed by atoms with van der Waals surface area (Å²) >= 11 is 0. The molecular formula is C26H31NO5S. The molecule has 0 spiro atoms. The molecule has 1 aliphatic rings. The van der Waals surface area contributed by atoms with Gasteiger partial charge in [-0.25, -0.2) is 8.42 Å². The second kappa shape index (κ2) is 9.59. The van der Waals surface area contributed by atoms with E-state index < -0.39 is 9.84 Å². The number of benzene rings is 2. The van der Waals surface area contributed by atoms with E-state index in [0.717, 1.165) is 45.4 Å². The number of ether oxygens (including phenoxy) is 1. The zero-order chi connectivity index (χ0) is 23.6. The fourth-order valence-electron chi connectivity index (χ4n) is 4.57. The summed E-state index contributed by atoms with van der Waals surface area (Å²) in [6, 6.07) is 11.4. The summed E-state index contributed by atoms with van der Waals surface area (Å²) in [4.78, 5) is 15.2. The Morgan fingerprint density at radius 1 is 1.18 bits per heavy atom. The van der Waals surface area contributed by atoms with Gasteiger partial charge in [-0.3, -0.25) is 4.79 Å². The molecule has 2 heterocycles. The van der Waals surface area contributed by atoms with Crippen molar-refractivity contribution < 1.29 is 22.4 Å². The first-order valence-electron chi connectivity index (χ1n) is 11.4. The number of amides is 1. The van der Waals surface area contributed by atoms with Crippen LogP contribution in [0.5, 0.6) is 5.75 Å². The molecule has 6 nitrogen and oxygen atoms in total. The van der Waals surface area contributed by atoms with Gasteiger partial charge < -0.3 is 14.1 Å². The molecule has 1 aliphatic heterocycles. The Bertz CT molecular complexity index is 1240. The molecule has 7 heteroatoms. The summed E-state index contributed by atoms with van der Waals surface area (Å²) in [7, 11) is -3.12. The molecule has 1 saturated heterocycles. The van der Waals surface area contributed by atoms with Crippen LogP contribution in [0.1, 0.15) is 42.0 Å². The maximum atomic E-state index is 13.5. The van der Waals surface area contributed by atoms with Gasteiger partial charge in [0.2, 0.25) is 5.91 Å². The lowest BCUT2D eigenvalue weighted by Gasteiger charge is -2.28. The first-order valence-corrected chi connectivity index (χ1v) is 13.3. The predicted molar refractivity (Wildman–Crippen MR) is 129 cm³/mol. The summed E-state index contributed by atoms with van der Waals surface area (Å²) in [6.07, 6.45) is 3.22. The molecule has 0 radical (unpaired) electrons. The van der Waals surface area contributed by atoms with E-state index in [4.69, 9.17) is 9.15 Å². The SMILES string of the molecule is CCCOc1ccc(CN(C(=O)Cc2coc3cc(C)cc(C)c23)C2CCS(=O)(=O)C2)cc1. The van der Waals surface area contributed by atoms with Gasteiger partial charge in [-0.1, -0.05) is 25.1 Å². The van der Waals surface area contributed by atoms with Crippen molar-refractivity contribution >= 4 is 26.7 Å². The van der Waals surface area contributed by atoms with Gasteiger partial charge in [0, 0.05) is 23.5 Å². The topological polar surface area (TPSA) is 76.8 Å². The van der Waals surface area contributed by atoms with Crippen molar-refractivity contribution in [1.29, 1.82) is 0 Å². The summed E-state index contributed by atoms with van der Waals surface area (Å²) in [5, 5.41) is 0.963. The molecule has 1 atom stereocenters. The van der Waals surface area contributed by atoms with Crippen molar-refractivity contribution in [2.24, 2.45) is 0 Å². The number of hydrogen-bond acceptors (Lipinski definition) is 5. The van der Waals surface area contributed by atoms with E-state index in [1.807, 2.05) is 44.2 Å². The number of fused-ring (bicyclic) bond motifs is 1. The third kappa shape index (κ3) is 5.41. The minimum Gasteiger partial charge on any atom is -0.494 e. The van der Waals surface area contributed by atoms with Crippen molar-refractivity contribution in [3.05, 3.63) is 64.9 Å². The zero-order valence-corrected chi connectivity index (χ0v) is 20.3. The van der Waals surface area contributed by atoms with Gasteiger partial charge in [0.05, 0.1) is 30.8 Å². The minimum atomic E-state index is -3.12. The van der Waals surface area contributed by atoms with Crippen LogP contribution in [0.3, 0.4) is 0 Å². The molecule has 2 aromatic carbocycles. The van der Waals surface area contributed by atoms with Gasteiger partial charge in [-0.05, 0) is 61.6 Å². The molecule has 1 unspecified atom stereocenters. The Morgan fingerprint density at radius 3 is 2.61 bits per heavy atom. The van der Waals surface area contributed by atoms with E-state index in [2.05, 4.69) is 13.0 Å². The van der Waals surface area contributed by atoms with Gasteiger partial charge in [-0.15, -0.1) is 0 Å². The normalized spacial score (nSPS) is 17.4. The van der Waals surface area contributed by atoms with E-state index >= 15 is 0 Å². The average molecular weight is 470 g/mol. The van der Waals surface area contributed by atoms with Crippen LogP contribution >= 0.6 is 0 Å². The lowest BCUT2D eigenvalue weighted by Crippen LogP contribution is -2.41.